The van der Waals surface area contributed by atoms with E-state index in [1.54, 1.807) is 12.1 Å². The molecule has 0 saturated heterocycles. The summed E-state index contributed by atoms with van der Waals surface area (Å²) >= 11 is 0. The fourth-order valence-corrected chi connectivity index (χ4v) is 1.51. The van der Waals surface area contributed by atoms with E-state index >= 15 is 0 Å². The average molecular weight is 250 g/mol. The molecule has 2 atom stereocenters. The number of carbonyl (C=O) groups is 1. The first-order valence-electron chi connectivity index (χ1n) is 6.46. The highest BCUT2D eigenvalue weighted by molar-refractivity contribution is 5.92. The van der Waals surface area contributed by atoms with Gasteiger partial charge in [-0.15, -0.1) is 10.2 Å². The number of rotatable bonds is 6. The first-order valence-corrected chi connectivity index (χ1v) is 6.46. The van der Waals surface area contributed by atoms with Crippen LogP contribution in [0.5, 0.6) is 0 Å². The molecule has 0 aliphatic carbocycles. The molecule has 0 aliphatic heterocycles. The molecule has 1 heterocycles. The fourth-order valence-electron chi connectivity index (χ4n) is 1.51. The minimum atomic E-state index is -0.168. The number of amides is 1. The Morgan fingerprint density at radius 1 is 1.28 bits per heavy atom. The molecule has 1 rings (SSSR count). The summed E-state index contributed by atoms with van der Waals surface area (Å²) in [5.74, 6) is 0.963. The van der Waals surface area contributed by atoms with Gasteiger partial charge in [-0.25, -0.2) is 0 Å². The third kappa shape index (κ3) is 3.98. The molecule has 100 valence electrons. The topological polar surface area (TPSA) is 66.9 Å². The van der Waals surface area contributed by atoms with Gasteiger partial charge in [0.1, 0.15) is 5.82 Å². The Morgan fingerprint density at radius 2 is 2.00 bits per heavy atom. The van der Waals surface area contributed by atoms with Crippen LogP contribution < -0.4 is 10.6 Å². The summed E-state index contributed by atoms with van der Waals surface area (Å²) in [6, 6.07) is 3.58. The Balaban J connectivity index is 2.61. The van der Waals surface area contributed by atoms with Crippen LogP contribution in [0.4, 0.5) is 5.82 Å². The van der Waals surface area contributed by atoms with Crippen molar-refractivity contribution in [2.75, 3.05) is 11.9 Å². The number of anilines is 1. The maximum Gasteiger partial charge on any atom is 0.272 e. The lowest BCUT2D eigenvalue weighted by Crippen LogP contribution is -2.37. The van der Waals surface area contributed by atoms with E-state index in [0.29, 0.717) is 17.4 Å². The van der Waals surface area contributed by atoms with Gasteiger partial charge in [0.2, 0.25) is 0 Å². The molecule has 5 nitrogen and oxygen atoms in total. The molecule has 0 bridgehead atoms. The van der Waals surface area contributed by atoms with E-state index in [1.165, 1.54) is 0 Å². The zero-order valence-corrected chi connectivity index (χ0v) is 11.5. The zero-order chi connectivity index (χ0) is 13.5. The van der Waals surface area contributed by atoms with Crippen LogP contribution in [0.2, 0.25) is 0 Å². The van der Waals surface area contributed by atoms with Crippen LogP contribution in [-0.4, -0.2) is 28.7 Å². The summed E-state index contributed by atoms with van der Waals surface area (Å²) in [5, 5.41) is 13.8. The van der Waals surface area contributed by atoms with Gasteiger partial charge in [-0.3, -0.25) is 4.79 Å². The number of nitrogens with zero attached hydrogens (tertiary/aromatic N) is 2. The molecule has 1 aromatic heterocycles. The Hall–Kier alpha value is -1.65. The van der Waals surface area contributed by atoms with Crippen LogP contribution in [0.25, 0.3) is 0 Å². The van der Waals surface area contributed by atoms with Crippen LogP contribution >= 0.6 is 0 Å². The van der Waals surface area contributed by atoms with Crippen molar-refractivity contribution in [3.8, 4) is 0 Å². The lowest BCUT2D eigenvalue weighted by atomic mass is 10.0. The summed E-state index contributed by atoms with van der Waals surface area (Å²) in [5.41, 5.74) is 0.354. The summed E-state index contributed by atoms with van der Waals surface area (Å²) in [4.78, 5) is 11.9. The predicted octanol–water partition coefficient (Wildman–Crippen LogP) is 2.07. The molecule has 0 saturated carbocycles. The maximum atomic E-state index is 11.9. The van der Waals surface area contributed by atoms with Crippen LogP contribution in [0.1, 0.15) is 44.6 Å². The molecule has 2 unspecified atom stereocenters. The van der Waals surface area contributed by atoms with E-state index in [9.17, 15) is 4.79 Å². The third-order valence-corrected chi connectivity index (χ3v) is 3.11. The van der Waals surface area contributed by atoms with Crippen molar-refractivity contribution in [3.05, 3.63) is 17.8 Å². The number of aromatic nitrogens is 2. The second-order valence-corrected chi connectivity index (χ2v) is 4.48. The van der Waals surface area contributed by atoms with Crippen molar-refractivity contribution in [2.45, 2.75) is 40.2 Å². The first kappa shape index (κ1) is 14.4. The lowest BCUT2D eigenvalue weighted by Gasteiger charge is -2.19. The number of hydrogen-bond acceptors (Lipinski definition) is 4. The maximum absolute atomic E-state index is 11.9. The molecular formula is C13H22N4O. The lowest BCUT2D eigenvalue weighted by molar-refractivity contribution is 0.0922. The molecular weight excluding hydrogens is 228 g/mol. The van der Waals surface area contributed by atoms with Crippen molar-refractivity contribution >= 4 is 11.7 Å². The van der Waals surface area contributed by atoms with E-state index in [0.717, 1.165) is 13.0 Å². The predicted molar refractivity (Wildman–Crippen MR) is 72.6 cm³/mol. The minimum absolute atomic E-state index is 0.137. The molecule has 0 spiro atoms. The van der Waals surface area contributed by atoms with Gasteiger partial charge in [0.15, 0.2) is 5.69 Å². The highest BCUT2D eigenvalue weighted by Gasteiger charge is 2.15. The highest BCUT2D eigenvalue weighted by Crippen LogP contribution is 2.08. The van der Waals surface area contributed by atoms with E-state index in [-0.39, 0.29) is 11.9 Å². The summed E-state index contributed by atoms with van der Waals surface area (Å²) in [6.07, 6.45) is 1.03. The van der Waals surface area contributed by atoms with E-state index in [4.69, 9.17) is 0 Å². The standard InChI is InChI=1S/C13H22N4O/c1-5-9(3)10(4)15-13(18)11-7-8-12(14-6-2)17-16-11/h7-10H,5-6H2,1-4H3,(H,14,17)(H,15,18). The molecule has 1 aromatic rings. The summed E-state index contributed by atoms with van der Waals surface area (Å²) in [7, 11) is 0. The van der Waals surface area contributed by atoms with Gasteiger partial charge in [0.25, 0.3) is 5.91 Å². The van der Waals surface area contributed by atoms with Crippen molar-refractivity contribution in [1.82, 2.24) is 15.5 Å². The molecule has 0 radical (unpaired) electrons. The second-order valence-electron chi connectivity index (χ2n) is 4.48. The Kier molecular flexibility index (Phi) is 5.55. The van der Waals surface area contributed by atoms with Crippen LogP contribution in [0.3, 0.4) is 0 Å². The van der Waals surface area contributed by atoms with Gasteiger partial charge < -0.3 is 10.6 Å². The molecule has 1 amide bonds. The third-order valence-electron chi connectivity index (χ3n) is 3.11. The zero-order valence-electron chi connectivity index (χ0n) is 11.5. The van der Waals surface area contributed by atoms with Gasteiger partial charge in [0, 0.05) is 12.6 Å². The van der Waals surface area contributed by atoms with E-state index < -0.39 is 0 Å². The van der Waals surface area contributed by atoms with Crippen molar-refractivity contribution in [1.29, 1.82) is 0 Å². The molecule has 0 aromatic carbocycles. The molecule has 5 heteroatoms. The monoisotopic (exact) mass is 250 g/mol. The van der Waals surface area contributed by atoms with Crippen molar-refractivity contribution < 1.29 is 4.79 Å². The van der Waals surface area contributed by atoms with E-state index in [1.807, 2.05) is 13.8 Å². The van der Waals surface area contributed by atoms with Gasteiger partial charge >= 0.3 is 0 Å². The number of nitrogens with one attached hydrogen (secondary N) is 2. The molecule has 0 aliphatic rings. The smallest absolute Gasteiger partial charge is 0.272 e. The van der Waals surface area contributed by atoms with Crippen molar-refractivity contribution in [2.24, 2.45) is 5.92 Å². The Bertz CT molecular complexity index is 377. The van der Waals surface area contributed by atoms with Gasteiger partial charge in [-0.2, -0.15) is 0 Å². The van der Waals surface area contributed by atoms with Gasteiger partial charge in [-0.1, -0.05) is 20.3 Å². The van der Waals surface area contributed by atoms with Crippen molar-refractivity contribution in [3.63, 3.8) is 0 Å². The SMILES string of the molecule is CCNc1ccc(C(=O)NC(C)C(C)CC)nn1. The largest absolute Gasteiger partial charge is 0.369 e. The van der Waals surface area contributed by atoms with Crippen LogP contribution in [-0.2, 0) is 0 Å². The van der Waals surface area contributed by atoms with E-state index in [2.05, 4.69) is 34.7 Å². The summed E-state index contributed by atoms with van der Waals surface area (Å²) in [6.45, 7) is 9.00. The fraction of sp³-hybridized carbons (Fsp3) is 0.615. The highest BCUT2D eigenvalue weighted by atomic mass is 16.2. The summed E-state index contributed by atoms with van der Waals surface area (Å²) < 4.78 is 0. The minimum Gasteiger partial charge on any atom is -0.369 e. The Labute approximate surface area is 108 Å². The van der Waals surface area contributed by atoms with Gasteiger partial charge in [-0.05, 0) is 31.9 Å². The number of carbonyl (C=O) groups excluding carboxylic acids is 1. The Morgan fingerprint density at radius 3 is 2.50 bits per heavy atom. The average Bonchev–Trinajstić information content (AvgIpc) is 2.38. The number of hydrogen-bond donors (Lipinski definition) is 2. The molecule has 0 fully saturated rings. The normalized spacial score (nSPS) is 13.8. The molecule has 18 heavy (non-hydrogen) atoms. The first-order chi connectivity index (χ1) is 8.58. The van der Waals surface area contributed by atoms with Crippen LogP contribution in [0.15, 0.2) is 12.1 Å². The van der Waals surface area contributed by atoms with Crippen LogP contribution in [0, 0.1) is 5.92 Å². The second kappa shape index (κ2) is 6.93. The quantitative estimate of drug-likeness (QED) is 0.811. The molecule has 2 N–H and O–H groups in total. The van der Waals surface area contributed by atoms with Gasteiger partial charge in [0.05, 0.1) is 0 Å².